The van der Waals surface area contributed by atoms with Gasteiger partial charge in [0.2, 0.25) is 0 Å². The molecule has 18 heavy (non-hydrogen) atoms. The highest BCUT2D eigenvalue weighted by Gasteiger charge is 2.55. The smallest absolute Gasteiger partial charge is 0.0880 e. The molecule has 3 N–H and O–H groups in total. The molecule has 3 nitrogen and oxygen atoms in total. The Morgan fingerprint density at radius 2 is 1.56 bits per heavy atom. The molecule has 2 aliphatic rings. The lowest BCUT2D eigenvalue weighted by Gasteiger charge is -2.55. The van der Waals surface area contributed by atoms with Gasteiger partial charge in [-0.05, 0) is 63.2 Å². The molecule has 0 bridgehead atoms. The molecule has 2 fully saturated rings. The van der Waals surface area contributed by atoms with Crippen LogP contribution in [0.3, 0.4) is 0 Å². The lowest BCUT2D eigenvalue weighted by Crippen LogP contribution is -2.60. The van der Waals surface area contributed by atoms with Gasteiger partial charge in [0.25, 0.3) is 0 Å². The van der Waals surface area contributed by atoms with Crippen LogP contribution in [0.15, 0.2) is 0 Å². The van der Waals surface area contributed by atoms with Crippen molar-refractivity contribution in [3.63, 3.8) is 0 Å². The standard InChI is InChI=1S/C15H28O3/c1-9(2)10-5-7-14(3,17)11-6-8-15(4,18)13(16)12(10)11/h9-13,16-18H,5-8H2,1-4H3/t10-,11-,12-,13+,14+,15-/m1/s1. The number of hydrogen-bond donors (Lipinski definition) is 3. The number of hydrogen-bond acceptors (Lipinski definition) is 3. The predicted molar refractivity (Wildman–Crippen MR) is 71.0 cm³/mol. The maximum absolute atomic E-state index is 10.6. The largest absolute Gasteiger partial charge is 0.390 e. The molecular weight excluding hydrogens is 228 g/mol. The van der Waals surface area contributed by atoms with Gasteiger partial charge in [-0.2, -0.15) is 0 Å². The molecule has 0 heterocycles. The van der Waals surface area contributed by atoms with Crippen LogP contribution in [0.1, 0.15) is 53.4 Å². The molecule has 6 atom stereocenters. The van der Waals surface area contributed by atoms with Gasteiger partial charge in [-0.3, -0.25) is 0 Å². The number of aliphatic hydroxyl groups excluding tert-OH is 1. The summed E-state index contributed by atoms with van der Waals surface area (Å²) in [6.45, 7) is 7.98. The minimum Gasteiger partial charge on any atom is -0.390 e. The first kappa shape index (κ1) is 14.3. The summed E-state index contributed by atoms with van der Waals surface area (Å²) in [6, 6.07) is 0. The summed E-state index contributed by atoms with van der Waals surface area (Å²) in [5.74, 6) is 1.03. The van der Waals surface area contributed by atoms with Gasteiger partial charge in [0.15, 0.2) is 0 Å². The van der Waals surface area contributed by atoms with Crippen molar-refractivity contribution in [2.75, 3.05) is 0 Å². The maximum Gasteiger partial charge on any atom is 0.0880 e. The van der Waals surface area contributed by atoms with Gasteiger partial charge < -0.3 is 15.3 Å². The SMILES string of the molecule is CC(C)[C@H]1CC[C@](C)(O)[C@@H]2CC[C@@](C)(O)[C@@H](O)[C@H]12. The van der Waals surface area contributed by atoms with Crippen molar-refractivity contribution < 1.29 is 15.3 Å². The van der Waals surface area contributed by atoms with Crippen molar-refractivity contribution in [2.45, 2.75) is 70.7 Å². The Morgan fingerprint density at radius 1 is 1.00 bits per heavy atom. The van der Waals surface area contributed by atoms with Crippen molar-refractivity contribution in [1.82, 2.24) is 0 Å². The highest BCUT2D eigenvalue weighted by molar-refractivity contribution is 5.05. The van der Waals surface area contributed by atoms with Gasteiger partial charge >= 0.3 is 0 Å². The molecule has 106 valence electrons. The second-order valence-corrected chi connectivity index (χ2v) is 7.33. The van der Waals surface area contributed by atoms with Gasteiger partial charge in [0, 0.05) is 0 Å². The first-order valence-corrected chi connectivity index (χ1v) is 7.29. The molecule has 0 saturated heterocycles. The second kappa shape index (κ2) is 4.46. The van der Waals surface area contributed by atoms with E-state index in [9.17, 15) is 15.3 Å². The van der Waals surface area contributed by atoms with E-state index in [0.29, 0.717) is 18.3 Å². The van der Waals surface area contributed by atoms with Gasteiger partial charge in [0.1, 0.15) is 0 Å². The first-order chi connectivity index (χ1) is 8.17. The Kier molecular flexibility index (Phi) is 3.54. The zero-order valence-corrected chi connectivity index (χ0v) is 12.1. The second-order valence-electron chi connectivity index (χ2n) is 7.33. The maximum atomic E-state index is 10.6. The van der Waals surface area contributed by atoms with Crippen molar-refractivity contribution in [2.24, 2.45) is 23.7 Å². The van der Waals surface area contributed by atoms with Crippen LogP contribution in [-0.4, -0.2) is 32.6 Å². The molecule has 0 radical (unpaired) electrons. The van der Waals surface area contributed by atoms with Crippen molar-refractivity contribution in [1.29, 1.82) is 0 Å². The average Bonchev–Trinajstić information content (AvgIpc) is 2.23. The van der Waals surface area contributed by atoms with Gasteiger partial charge in [-0.25, -0.2) is 0 Å². The molecular formula is C15H28O3. The van der Waals surface area contributed by atoms with Crippen LogP contribution in [0.2, 0.25) is 0 Å². The quantitative estimate of drug-likeness (QED) is 0.672. The van der Waals surface area contributed by atoms with E-state index >= 15 is 0 Å². The molecule has 0 amide bonds. The summed E-state index contributed by atoms with van der Waals surface area (Å²) in [6.07, 6.45) is 2.43. The zero-order chi connectivity index (χ0) is 13.7. The van der Waals surface area contributed by atoms with Crippen LogP contribution in [0, 0.1) is 23.7 Å². The third-order valence-electron chi connectivity index (χ3n) is 5.56. The normalized spacial score (nSPS) is 53.3. The minimum atomic E-state index is -0.998. The van der Waals surface area contributed by atoms with Crippen molar-refractivity contribution in [3.8, 4) is 0 Å². The minimum absolute atomic E-state index is 0.0255. The molecule has 0 aromatic rings. The summed E-state index contributed by atoms with van der Waals surface area (Å²) < 4.78 is 0. The van der Waals surface area contributed by atoms with Gasteiger partial charge in [-0.15, -0.1) is 0 Å². The van der Waals surface area contributed by atoms with E-state index in [0.717, 1.165) is 19.3 Å². The highest BCUT2D eigenvalue weighted by Crippen LogP contribution is 2.52. The van der Waals surface area contributed by atoms with E-state index < -0.39 is 17.3 Å². The Balaban J connectivity index is 2.32. The molecule has 0 aromatic heterocycles. The van der Waals surface area contributed by atoms with Crippen LogP contribution in [-0.2, 0) is 0 Å². The van der Waals surface area contributed by atoms with Crippen LogP contribution < -0.4 is 0 Å². The summed E-state index contributed by atoms with van der Waals surface area (Å²) in [7, 11) is 0. The van der Waals surface area contributed by atoms with Crippen molar-refractivity contribution in [3.05, 3.63) is 0 Å². The lowest BCUT2D eigenvalue weighted by atomic mass is 9.54. The summed E-state index contributed by atoms with van der Waals surface area (Å²) in [5, 5.41) is 31.4. The Morgan fingerprint density at radius 3 is 2.11 bits per heavy atom. The van der Waals surface area contributed by atoms with E-state index in [2.05, 4.69) is 13.8 Å². The third-order valence-corrected chi connectivity index (χ3v) is 5.56. The fraction of sp³-hybridized carbons (Fsp3) is 1.00. The monoisotopic (exact) mass is 256 g/mol. The topological polar surface area (TPSA) is 60.7 Å². The number of rotatable bonds is 1. The summed E-state index contributed by atoms with van der Waals surface area (Å²) in [4.78, 5) is 0. The van der Waals surface area contributed by atoms with Crippen LogP contribution >= 0.6 is 0 Å². The van der Waals surface area contributed by atoms with E-state index in [4.69, 9.17) is 0 Å². The molecule has 3 heteroatoms. The molecule has 2 rings (SSSR count). The van der Waals surface area contributed by atoms with Crippen molar-refractivity contribution >= 4 is 0 Å². The van der Waals surface area contributed by atoms with Crippen LogP contribution in [0.25, 0.3) is 0 Å². The Bertz CT molecular complexity index is 307. The highest BCUT2D eigenvalue weighted by atomic mass is 16.3. The predicted octanol–water partition coefficient (Wildman–Crippen LogP) is 1.94. The lowest BCUT2D eigenvalue weighted by molar-refractivity contribution is -0.201. The average molecular weight is 256 g/mol. The third kappa shape index (κ3) is 2.21. The van der Waals surface area contributed by atoms with Crippen LogP contribution in [0.5, 0.6) is 0 Å². The molecule has 2 aliphatic carbocycles. The van der Waals surface area contributed by atoms with Gasteiger partial charge in [0.05, 0.1) is 17.3 Å². The van der Waals surface area contributed by atoms with E-state index in [1.807, 2.05) is 6.92 Å². The van der Waals surface area contributed by atoms with E-state index in [-0.39, 0.29) is 11.8 Å². The first-order valence-electron chi connectivity index (χ1n) is 7.29. The number of aliphatic hydroxyl groups is 3. The fourth-order valence-electron chi connectivity index (χ4n) is 4.30. The summed E-state index contributed by atoms with van der Waals surface area (Å²) >= 11 is 0. The molecule has 0 aliphatic heterocycles. The van der Waals surface area contributed by atoms with Gasteiger partial charge in [-0.1, -0.05) is 13.8 Å². The molecule has 0 unspecified atom stereocenters. The fourth-order valence-corrected chi connectivity index (χ4v) is 4.30. The summed E-state index contributed by atoms with van der Waals surface area (Å²) in [5.41, 5.74) is -1.69. The molecule has 0 spiro atoms. The van der Waals surface area contributed by atoms with Crippen LogP contribution in [0.4, 0.5) is 0 Å². The molecule has 0 aromatic carbocycles. The number of fused-ring (bicyclic) bond motifs is 1. The molecule has 2 saturated carbocycles. The van der Waals surface area contributed by atoms with E-state index in [1.54, 1.807) is 6.92 Å². The Labute approximate surface area is 110 Å². The van der Waals surface area contributed by atoms with E-state index in [1.165, 1.54) is 0 Å². The zero-order valence-electron chi connectivity index (χ0n) is 12.1. The Hall–Kier alpha value is -0.120.